The predicted molar refractivity (Wildman–Crippen MR) is 111 cm³/mol. The average molecular weight is 462 g/mol. The SMILES string of the molecule is CCOC(=O)c1cnn(-c2ccc(C(=O)NCc3cccnc3OCC(F)(F)F)cc2)c1C. The maximum Gasteiger partial charge on any atom is 0.422 e. The smallest absolute Gasteiger partial charge is 0.422 e. The van der Waals surface area contributed by atoms with Gasteiger partial charge >= 0.3 is 12.1 Å². The van der Waals surface area contributed by atoms with Gasteiger partial charge in [0.05, 0.1) is 24.2 Å². The minimum Gasteiger partial charge on any atom is -0.468 e. The van der Waals surface area contributed by atoms with Crippen LogP contribution in [0, 0.1) is 6.92 Å². The summed E-state index contributed by atoms with van der Waals surface area (Å²) in [5.41, 5.74) is 2.21. The van der Waals surface area contributed by atoms with Crippen molar-refractivity contribution in [3.63, 3.8) is 0 Å². The molecule has 8 nitrogen and oxygen atoms in total. The largest absolute Gasteiger partial charge is 0.468 e. The monoisotopic (exact) mass is 462 g/mol. The molecule has 2 heterocycles. The van der Waals surface area contributed by atoms with Crippen LogP contribution in [-0.4, -0.2) is 46.0 Å². The van der Waals surface area contributed by atoms with Gasteiger partial charge in [0.15, 0.2) is 6.61 Å². The number of nitrogens with one attached hydrogen (secondary N) is 1. The van der Waals surface area contributed by atoms with Crippen LogP contribution in [0.5, 0.6) is 5.88 Å². The predicted octanol–water partition coefficient (Wildman–Crippen LogP) is 3.62. The van der Waals surface area contributed by atoms with E-state index in [-0.39, 0.29) is 19.0 Å². The van der Waals surface area contributed by atoms with E-state index < -0.39 is 24.7 Å². The number of carbonyl (C=O) groups is 2. The minimum absolute atomic E-state index is 0.0667. The first-order chi connectivity index (χ1) is 15.7. The summed E-state index contributed by atoms with van der Waals surface area (Å²) in [7, 11) is 0. The third kappa shape index (κ3) is 6.09. The lowest BCUT2D eigenvalue weighted by molar-refractivity contribution is -0.154. The molecule has 0 spiro atoms. The standard InChI is InChI=1S/C22H21F3N4O4/c1-3-32-21(31)18-12-28-29(14(18)2)17-8-6-15(7-9-17)19(30)27-11-16-5-4-10-26-20(16)33-13-22(23,24)25/h4-10,12H,3,11,13H2,1-2H3,(H,27,30). The van der Waals surface area contributed by atoms with Gasteiger partial charge in [0.1, 0.15) is 5.56 Å². The molecule has 1 amide bonds. The van der Waals surface area contributed by atoms with E-state index in [1.165, 1.54) is 24.5 Å². The first kappa shape index (κ1) is 23.8. The zero-order valence-corrected chi connectivity index (χ0v) is 17.8. The number of benzene rings is 1. The summed E-state index contributed by atoms with van der Waals surface area (Å²) in [5, 5.41) is 6.83. The van der Waals surface area contributed by atoms with Crippen molar-refractivity contribution < 1.29 is 32.2 Å². The summed E-state index contributed by atoms with van der Waals surface area (Å²) in [4.78, 5) is 28.2. The van der Waals surface area contributed by atoms with Gasteiger partial charge in [-0.3, -0.25) is 4.79 Å². The number of rotatable bonds is 8. The number of halogens is 3. The summed E-state index contributed by atoms with van der Waals surface area (Å²) >= 11 is 0. The summed E-state index contributed by atoms with van der Waals surface area (Å²) < 4.78 is 48.5. The molecule has 0 aliphatic carbocycles. The van der Waals surface area contributed by atoms with Gasteiger partial charge in [-0.05, 0) is 44.2 Å². The molecule has 1 aromatic carbocycles. The molecule has 33 heavy (non-hydrogen) atoms. The van der Waals surface area contributed by atoms with Crippen LogP contribution in [0.15, 0.2) is 48.8 Å². The second-order valence-corrected chi connectivity index (χ2v) is 6.88. The number of alkyl halides is 3. The molecule has 0 saturated carbocycles. The second-order valence-electron chi connectivity index (χ2n) is 6.88. The highest BCUT2D eigenvalue weighted by Crippen LogP contribution is 2.20. The van der Waals surface area contributed by atoms with Crippen LogP contribution in [0.3, 0.4) is 0 Å². The molecule has 3 rings (SSSR count). The molecule has 0 unspecified atom stereocenters. The van der Waals surface area contributed by atoms with E-state index in [9.17, 15) is 22.8 Å². The van der Waals surface area contributed by atoms with Crippen molar-refractivity contribution in [3.8, 4) is 11.6 Å². The van der Waals surface area contributed by atoms with Crippen LogP contribution in [0.1, 0.15) is 38.9 Å². The first-order valence-corrected chi connectivity index (χ1v) is 9.93. The van der Waals surface area contributed by atoms with Crippen LogP contribution in [0.25, 0.3) is 5.69 Å². The molecule has 11 heteroatoms. The molecule has 2 aromatic heterocycles. The van der Waals surface area contributed by atoms with Crippen molar-refractivity contribution in [2.24, 2.45) is 0 Å². The molecular weight excluding hydrogens is 441 g/mol. The van der Waals surface area contributed by atoms with E-state index in [0.29, 0.717) is 28.1 Å². The number of nitrogens with zero attached hydrogens (tertiary/aromatic N) is 3. The third-order valence-electron chi connectivity index (χ3n) is 4.54. The van der Waals surface area contributed by atoms with Crippen molar-refractivity contribution in [1.29, 1.82) is 0 Å². The van der Waals surface area contributed by atoms with E-state index in [4.69, 9.17) is 9.47 Å². The number of hydrogen-bond donors (Lipinski definition) is 1. The maximum atomic E-state index is 12.5. The molecule has 0 aliphatic rings. The number of aromatic nitrogens is 3. The molecule has 174 valence electrons. The van der Waals surface area contributed by atoms with Gasteiger partial charge < -0.3 is 14.8 Å². The Balaban J connectivity index is 1.66. The van der Waals surface area contributed by atoms with Gasteiger partial charge in [0, 0.05) is 23.9 Å². The van der Waals surface area contributed by atoms with Gasteiger partial charge in [-0.25, -0.2) is 14.5 Å². The van der Waals surface area contributed by atoms with Crippen LogP contribution in [-0.2, 0) is 11.3 Å². The number of amides is 1. The van der Waals surface area contributed by atoms with Gasteiger partial charge in [-0.15, -0.1) is 0 Å². The van der Waals surface area contributed by atoms with Crippen LogP contribution in [0.2, 0.25) is 0 Å². The van der Waals surface area contributed by atoms with E-state index in [1.807, 2.05) is 0 Å². The number of carbonyl (C=O) groups excluding carboxylic acids is 2. The summed E-state index contributed by atoms with van der Waals surface area (Å²) in [6.45, 7) is 2.15. The lowest BCUT2D eigenvalue weighted by Crippen LogP contribution is -2.24. The van der Waals surface area contributed by atoms with Crippen LogP contribution >= 0.6 is 0 Å². The molecule has 1 N–H and O–H groups in total. The zero-order chi connectivity index (χ0) is 24.0. The van der Waals surface area contributed by atoms with Crippen LogP contribution < -0.4 is 10.1 Å². The number of ether oxygens (including phenoxy) is 2. The number of esters is 1. The Hall–Kier alpha value is -3.89. The topological polar surface area (TPSA) is 95.3 Å². The summed E-state index contributed by atoms with van der Waals surface area (Å²) in [6.07, 6.45) is -1.77. The molecule has 0 aliphatic heterocycles. The molecular formula is C22H21F3N4O4. The fourth-order valence-electron chi connectivity index (χ4n) is 2.95. The van der Waals surface area contributed by atoms with E-state index in [1.54, 1.807) is 42.8 Å². The highest BCUT2D eigenvalue weighted by molar-refractivity contribution is 5.94. The maximum absolute atomic E-state index is 12.5. The van der Waals surface area contributed by atoms with E-state index >= 15 is 0 Å². The fraction of sp³-hybridized carbons (Fsp3) is 0.273. The Morgan fingerprint density at radius 2 is 1.88 bits per heavy atom. The van der Waals surface area contributed by atoms with Crippen molar-refractivity contribution in [3.05, 3.63) is 71.2 Å². The Bertz CT molecular complexity index is 1130. The van der Waals surface area contributed by atoms with Gasteiger partial charge in [-0.1, -0.05) is 6.07 Å². The Morgan fingerprint density at radius 3 is 2.55 bits per heavy atom. The molecule has 0 atom stereocenters. The average Bonchev–Trinajstić information content (AvgIpc) is 3.17. The van der Waals surface area contributed by atoms with Gasteiger partial charge in [0.25, 0.3) is 5.91 Å². The molecule has 0 fully saturated rings. The van der Waals surface area contributed by atoms with Crippen molar-refractivity contribution in [2.75, 3.05) is 13.2 Å². The van der Waals surface area contributed by atoms with Crippen molar-refractivity contribution >= 4 is 11.9 Å². The highest BCUT2D eigenvalue weighted by atomic mass is 19.4. The zero-order valence-electron chi connectivity index (χ0n) is 17.8. The highest BCUT2D eigenvalue weighted by Gasteiger charge is 2.29. The summed E-state index contributed by atoms with van der Waals surface area (Å²) in [6, 6.07) is 9.51. The van der Waals surface area contributed by atoms with Gasteiger partial charge in [-0.2, -0.15) is 18.3 Å². The Labute approximate surface area is 187 Å². The fourth-order valence-corrected chi connectivity index (χ4v) is 2.95. The number of hydrogen-bond acceptors (Lipinski definition) is 6. The molecule has 0 saturated heterocycles. The lowest BCUT2D eigenvalue weighted by atomic mass is 10.1. The molecule has 0 radical (unpaired) electrons. The summed E-state index contributed by atoms with van der Waals surface area (Å²) in [5.74, 6) is -1.10. The minimum atomic E-state index is -4.50. The normalized spacial score (nSPS) is 11.2. The molecule has 3 aromatic rings. The third-order valence-corrected chi connectivity index (χ3v) is 4.54. The quantitative estimate of drug-likeness (QED) is 0.514. The lowest BCUT2D eigenvalue weighted by Gasteiger charge is -2.12. The second kappa shape index (κ2) is 10.2. The molecule has 0 bridgehead atoms. The van der Waals surface area contributed by atoms with E-state index in [2.05, 4.69) is 15.4 Å². The van der Waals surface area contributed by atoms with Crippen LogP contribution in [0.4, 0.5) is 13.2 Å². The van der Waals surface area contributed by atoms with Crippen molar-refractivity contribution in [1.82, 2.24) is 20.1 Å². The first-order valence-electron chi connectivity index (χ1n) is 9.93. The van der Waals surface area contributed by atoms with E-state index in [0.717, 1.165) is 0 Å². The Morgan fingerprint density at radius 1 is 1.15 bits per heavy atom. The number of pyridine rings is 1. The Kier molecular flexibility index (Phi) is 7.31. The van der Waals surface area contributed by atoms with Crippen molar-refractivity contribution in [2.45, 2.75) is 26.6 Å². The van der Waals surface area contributed by atoms with Gasteiger partial charge in [0.2, 0.25) is 5.88 Å².